The molecule has 0 saturated carbocycles. The lowest BCUT2D eigenvalue weighted by molar-refractivity contribution is 1.65. The lowest BCUT2D eigenvalue weighted by Crippen LogP contribution is -1.68. The van der Waals surface area contributed by atoms with Gasteiger partial charge < -0.3 is 0 Å². The minimum absolute atomic E-state index is 1.03. The van der Waals surface area contributed by atoms with Crippen molar-refractivity contribution in [3.63, 3.8) is 0 Å². The van der Waals surface area contributed by atoms with Gasteiger partial charge in [-0.3, -0.25) is 0 Å². The summed E-state index contributed by atoms with van der Waals surface area (Å²) in [4.78, 5) is 0. The Morgan fingerprint density at radius 3 is 2.33 bits per heavy atom. The van der Waals surface area contributed by atoms with Crippen molar-refractivity contribution in [3.05, 3.63) is 35.9 Å². The van der Waals surface area contributed by atoms with E-state index in [2.05, 4.69) is 21.7 Å². The van der Waals surface area contributed by atoms with Crippen molar-refractivity contribution in [1.82, 2.24) is 0 Å². The van der Waals surface area contributed by atoms with Gasteiger partial charge in [0.25, 0.3) is 0 Å². The first-order valence-electron chi connectivity index (χ1n) is 2.66. The number of hydrogen-bond donors (Lipinski definition) is 0. The van der Waals surface area contributed by atoms with Gasteiger partial charge in [-0.1, -0.05) is 24.1 Å². The van der Waals surface area contributed by atoms with Crippen LogP contribution in [0.1, 0.15) is 5.56 Å². The van der Waals surface area contributed by atoms with Crippen LogP contribution >= 0.6 is 0 Å². The van der Waals surface area contributed by atoms with Gasteiger partial charge in [-0.15, -0.1) is 5.54 Å². The zero-order valence-corrected chi connectivity index (χ0v) is 5.89. The quantitative estimate of drug-likeness (QED) is 0.364. The second kappa shape index (κ2) is 3.11. The van der Waals surface area contributed by atoms with E-state index in [9.17, 15) is 0 Å². The second-order valence-electron chi connectivity index (χ2n) is 1.62. The highest BCUT2D eigenvalue weighted by Gasteiger charge is 1.77. The minimum Gasteiger partial charge on any atom is -0.133 e. The first-order chi connectivity index (χ1) is 4.43. The van der Waals surface area contributed by atoms with Crippen LogP contribution in [0.15, 0.2) is 30.3 Å². The molecule has 0 aliphatic carbocycles. The molecule has 0 nitrogen and oxygen atoms in total. The van der Waals surface area contributed by atoms with Gasteiger partial charge in [0.2, 0.25) is 0 Å². The Kier molecular flexibility index (Phi) is 2.11. The van der Waals surface area contributed by atoms with E-state index in [-0.39, 0.29) is 0 Å². The number of hydrogen-bond acceptors (Lipinski definition) is 0. The molecule has 0 aliphatic heterocycles. The molecule has 0 fully saturated rings. The van der Waals surface area contributed by atoms with E-state index in [4.69, 9.17) is 0 Å². The van der Waals surface area contributed by atoms with Gasteiger partial charge in [0.15, 0.2) is 0 Å². The van der Waals surface area contributed by atoms with E-state index in [1.165, 1.54) is 0 Å². The van der Waals surface area contributed by atoms with E-state index in [0.717, 1.165) is 5.56 Å². The van der Waals surface area contributed by atoms with Gasteiger partial charge in [-0.2, -0.15) is 0 Å². The van der Waals surface area contributed by atoms with Crippen LogP contribution in [-0.4, -0.2) is 10.2 Å². The molecule has 41 valence electrons. The van der Waals surface area contributed by atoms with E-state index >= 15 is 0 Å². The third-order valence-corrected chi connectivity index (χ3v) is 1.11. The van der Waals surface area contributed by atoms with Gasteiger partial charge in [-0.05, 0) is 12.1 Å². The molecule has 0 N–H and O–H groups in total. The van der Waals surface area contributed by atoms with Crippen molar-refractivity contribution >= 4 is 10.2 Å². The van der Waals surface area contributed by atoms with Crippen molar-refractivity contribution in [2.45, 2.75) is 0 Å². The molecule has 0 bridgehead atoms. The molecule has 0 aromatic heterocycles. The Balaban J connectivity index is 2.94. The van der Waals surface area contributed by atoms with Gasteiger partial charge in [0.1, 0.15) is 10.2 Å². The van der Waals surface area contributed by atoms with Crippen LogP contribution in [-0.2, 0) is 0 Å². The molecule has 1 aromatic rings. The largest absolute Gasteiger partial charge is 0.147 e. The predicted molar refractivity (Wildman–Crippen MR) is 39.1 cm³/mol. The molecule has 0 heterocycles. The Morgan fingerprint density at radius 2 is 1.78 bits per heavy atom. The molecule has 1 heteroatoms. The molecular formula is C8H5Si. The maximum absolute atomic E-state index is 3.07. The fourth-order valence-corrected chi connectivity index (χ4v) is 0.738. The fraction of sp³-hybridized carbons (Fsp3) is 0. The molecule has 0 amide bonds. The number of benzene rings is 1. The Hall–Kier alpha value is -1.00. The van der Waals surface area contributed by atoms with Crippen molar-refractivity contribution in [1.29, 1.82) is 0 Å². The topological polar surface area (TPSA) is 0 Å². The normalized spacial score (nSPS) is 7.67. The van der Waals surface area contributed by atoms with Crippen molar-refractivity contribution in [2.75, 3.05) is 0 Å². The smallest absolute Gasteiger partial charge is 0.133 e. The van der Waals surface area contributed by atoms with Crippen LogP contribution in [0.2, 0.25) is 0 Å². The third kappa shape index (κ3) is 1.75. The monoisotopic (exact) mass is 129 g/mol. The van der Waals surface area contributed by atoms with Crippen molar-refractivity contribution in [3.8, 4) is 11.5 Å². The Bertz CT molecular complexity index is 228. The molecule has 0 saturated heterocycles. The van der Waals surface area contributed by atoms with Gasteiger partial charge >= 0.3 is 0 Å². The van der Waals surface area contributed by atoms with E-state index < -0.39 is 0 Å². The predicted octanol–water partition coefficient (Wildman–Crippen LogP) is 1.16. The van der Waals surface area contributed by atoms with E-state index in [0.29, 0.717) is 0 Å². The van der Waals surface area contributed by atoms with Crippen LogP contribution in [0.5, 0.6) is 0 Å². The highest BCUT2D eigenvalue weighted by molar-refractivity contribution is 6.22. The van der Waals surface area contributed by atoms with E-state index in [1.54, 1.807) is 0 Å². The van der Waals surface area contributed by atoms with Crippen LogP contribution in [0, 0.1) is 11.5 Å². The number of rotatable bonds is 0. The summed E-state index contributed by atoms with van der Waals surface area (Å²) in [7, 11) is 3.07. The molecule has 0 unspecified atom stereocenters. The standard InChI is InChI=1S/C8H5Si/c9-7-6-8-4-2-1-3-5-8/h1-5H. The summed E-state index contributed by atoms with van der Waals surface area (Å²) in [5.74, 6) is 2.87. The molecule has 0 atom stereocenters. The summed E-state index contributed by atoms with van der Waals surface area (Å²) >= 11 is 0. The van der Waals surface area contributed by atoms with Gasteiger partial charge in [0.05, 0.1) is 0 Å². The second-order valence-corrected chi connectivity index (χ2v) is 1.87. The van der Waals surface area contributed by atoms with E-state index in [1.807, 2.05) is 30.3 Å². The maximum atomic E-state index is 3.07. The first-order valence-corrected chi connectivity index (χ1v) is 3.16. The van der Waals surface area contributed by atoms with Crippen LogP contribution in [0.3, 0.4) is 0 Å². The molecule has 0 aliphatic rings. The molecule has 1 rings (SSSR count). The first kappa shape index (κ1) is 6.12. The molecule has 3 radical (unpaired) electrons. The summed E-state index contributed by atoms with van der Waals surface area (Å²) in [6, 6.07) is 9.83. The summed E-state index contributed by atoms with van der Waals surface area (Å²) in [6.07, 6.45) is 0. The van der Waals surface area contributed by atoms with Crippen LogP contribution < -0.4 is 0 Å². The zero-order valence-electron chi connectivity index (χ0n) is 4.89. The van der Waals surface area contributed by atoms with Crippen LogP contribution in [0.4, 0.5) is 0 Å². The van der Waals surface area contributed by atoms with Gasteiger partial charge in [0, 0.05) is 5.56 Å². The summed E-state index contributed by atoms with van der Waals surface area (Å²) in [5, 5.41) is 0. The highest BCUT2D eigenvalue weighted by atomic mass is 28.1. The molecular weight excluding hydrogens is 124 g/mol. The Morgan fingerprint density at radius 1 is 1.11 bits per heavy atom. The average molecular weight is 129 g/mol. The zero-order chi connectivity index (χ0) is 6.53. The molecule has 1 aromatic carbocycles. The van der Waals surface area contributed by atoms with Crippen LogP contribution in [0.25, 0.3) is 0 Å². The lowest BCUT2D eigenvalue weighted by Gasteiger charge is -1.83. The fourth-order valence-electron chi connectivity index (χ4n) is 0.594. The summed E-state index contributed by atoms with van der Waals surface area (Å²) in [6.45, 7) is 0. The Labute approximate surface area is 58.3 Å². The maximum Gasteiger partial charge on any atom is 0.147 e. The third-order valence-electron chi connectivity index (χ3n) is 0.981. The molecule has 0 spiro atoms. The summed E-state index contributed by atoms with van der Waals surface area (Å²) in [5.41, 5.74) is 3.67. The highest BCUT2D eigenvalue weighted by Crippen LogP contribution is 1.93. The average Bonchev–Trinajstić information content (AvgIpc) is 1.91. The SMILES string of the molecule is [Si]C#Cc1ccccc1. The minimum atomic E-state index is 1.03. The van der Waals surface area contributed by atoms with Crippen molar-refractivity contribution in [2.24, 2.45) is 0 Å². The summed E-state index contributed by atoms with van der Waals surface area (Å²) < 4.78 is 0. The molecule has 9 heavy (non-hydrogen) atoms. The van der Waals surface area contributed by atoms with Gasteiger partial charge in [-0.25, -0.2) is 0 Å². The lowest BCUT2D eigenvalue weighted by atomic mass is 10.2. The van der Waals surface area contributed by atoms with Crippen molar-refractivity contribution < 1.29 is 0 Å².